The van der Waals surface area contributed by atoms with Gasteiger partial charge in [-0.3, -0.25) is 4.79 Å². The summed E-state index contributed by atoms with van der Waals surface area (Å²) in [5.41, 5.74) is 1.54. The van der Waals surface area contributed by atoms with E-state index in [2.05, 4.69) is 0 Å². The summed E-state index contributed by atoms with van der Waals surface area (Å²) in [6.07, 6.45) is 4.93. The molecule has 132 valence electrons. The number of likely N-dealkylation sites (tertiary alicyclic amines) is 1. The van der Waals surface area contributed by atoms with Crippen molar-refractivity contribution >= 4 is 11.9 Å². The first-order valence-electron chi connectivity index (χ1n) is 8.79. The molecule has 1 amide bonds. The largest absolute Gasteiger partial charge is 0.457 e. The van der Waals surface area contributed by atoms with Crippen molar-refractivity contribution in [2.24, 2.45) is 0 Å². The first-order chi connectivity index (χ1) is 12.2. The quantitative estimate of drug-likeness (QED) is 0.792. The van der Waals surface area contributed by atoms with Crippen LogP contribution in [0.15, 0.2) is 47.1 Å². The third-order valence-corrected chi connectivity index (χ3v) is 4.48. The zero-order valence-corrected chi connectivity index (χ0v) is 14.4. The van der Waals surface area contributed by atoms with Gasteiger partial charge in [-0.25, -0.2) is 4.79 Å². The standard InChI is InChI=1S/C20H23NO4/c1-15(19(22)21-12-7-2-3-8-13-21)25-20(23)18-17(11-14-24-18)16-9-5-4-6-10-16/h4-6,9-11,14-15H,2-3,7-8,12-13H2,1H3/t15-/m0/s1. The summed E-state index contributed by atoms with van der Waals surface area (Å²) >= 11 is 0. The maximum atomic E-state index is 12.5. The van der Waals surface area contributed by atoms with Crippen LogP contribution in [0.3, 0.4) is 0 Å². The Kier molecular flexibility index (Phi) is 5.53. The van der Waals surface area contributed by atoms with E-state index in [9.17, 15) is 9.59 Å². The van der Waals surface area contributed by atoms with E-state index in [-0.39, 0.29) is 11.7 Å². The summed E-state index contributed by atoms with van der Waals surface area (Å²) in [7, 11) is 0. The molecule has 1 aliphatic heterocycles. The van der Waals surface area contributed by atoms with Gasteiger partial charge in [0.05, 0.1) is 6.26 Å². The molecule has 0 radical (unpaired) electrons. The Hall–Kier alpha value is -2.56. The van der Waals surface area contributed by atoms with Crippen molar-refractivity contribution in [2.75, 3.05) is 13.1 Å². The zero-order chi connectivity index (χ0) is 17.6. The molecule has 5 heteroatoms. The fourth-order valence-corrected chi connectivity index (χ4v) is 3.13. The van der Waals surface area contributed by atoms with E-state index in [0.717, 1.165) is 44.3 Å². The summed E-state index contributed by atoms with van der Waals surface area (Å²) < 4.78 is 10.7. The van der Waals surface area contributed by atoms with E-state index in [1.54, 1.807) is 17.9 Å². The maximum Gasteiger partial charge on any atom is 0.375 e. The summed E-state index contributed by atoms with van der Waals surface area (Å²) in [6, 6.07) is 11.2. The molecule has 0 aliphatic carbocycles. The molecule has 2 aromatic rings. The molecule has 25 heavy (non-hydrogen) atoms. The number of hydrogen-bond donors (Lipinski definition) is 0. The lowest BCUT2D eigenvalue weighted by molar-refractivity contribution is -0.139. The van der Waals surface area contributed by atoms with Gasteiger partial charge < -0.3 is 14.1 Å². The smallest absolute Gasteiger partial charge is 0.375 e. The van der Waals surface area contributed by atoms with Crippen LogP contribution in [0, 0.1) is 0 Å². The Morgan fingerprint density at radius 3 is 2.40 bits per heavy atom. The van der Waals surface area contributed by atoms with Crippen LogP contribution in [0.2, 0.25) is 0 Å². The van der Waals surface area contributed by atoms with Crippen LogP contribution in [0.5, 0.6) is 0 Å². The van der Waals surface area contributed by atoms with Crippen molar-refractivity contribution < 1.29 is 18.7 Å². The number of ether oxygens (including phenoxy) is 1. The number of furan rings is 1. The van der Waals surface area contributed by atoms with Crippen LogP contribution < -0.4 is 0 Å². The highest BCUT2D eigenvalue weighted by Crippen LogP contribution is 2.25. The van der Waals surface area contributed by atoms with Crippen molar-refractivity contribution in [1.82, 2.24) is 4.90 Å². The van der Waals surface area contributed by atoms with Crippen LogP contribution in [0.25, 0.3) is 11.1 Å². The van der Waals surface area contributed by atoms with Crippen LogP contribution in [-0.2, 0) is 9.53 Å². The minimum Gasteiger partial charge on any atom is -0.457 e. The lowest BCUT2D eigenvalue weighted by Gasteiger charge is -2.23. The number of esters is 1. The second-order valence-electron chi connectivity index (χ2n) is 6.32. The number of rotatable bonds is 4. The van der Waals surface area contributed by atoms with Gasteiger partial charge in [0.2, 0.25) is 5.76 Å². The predicted molar refractivity (Wildman–Crippen MR) is 94.1 cm³/mol. The Balaban J connectivity index is 1.68. The van der Waals surface area contributed by atoms with Crippen LogP contribution in [0.4, 0.5) is 0 Å². The second-order valence-corrected chi connectivity index (χ2v) is 6.32. The van der Waals surface area contributed by atoms with Gasteiger partial charge in [-0.2, -0.15) is 0 Å². The number of benzene rings is 1. The molecule has 1 aromatic carbocycles. The van der Waals surface area contributed by atoms with Crippen molar-refractivity contribution in [3.05, 3.63) is 48.4 Å². The summed E-state index contributed by atoms with van der Waals surface area (Å²) in [4.78, 5) is 26.8. The molecular formula is C20H23NO4. The highest BCUT2D eigenvalue weighted by molar-refractivity contribution is 5.96. The summed E-state index contributed by atoms with van der Waals surface area (Å²) in [6.45, 7) is 3.09. The van der Waals surface area contributed by atoms with Crippen LogP contribution in [0.1, 0.15) is 43.2 Å². The van der Waals surface area contributed by atoms with Gasteiger partial charge in [-0.1, -0.05) is 43.2 Å². The molecule has 1 atom stereocenters. The SMILES string of the molecule is C[C@H](OC(=O)c1occc1-c1ccccc1)C(=O)N1CCCCCC1. The number of amides is 1. The highest BCUT2D eigenvalue weighted by atomic mass is 16.6. The number of nitrogens with zero attached hydrogens (tertiary/aromatic N) is 1. The topological polar surface area (TPSA) is 59.8 Å². The van der Waals surface area contributed by atoms with E-state index in [4.69, 9.17) is 9.15 Å². The molecule has 3 rings (SSSR count). The highest BCUT2D eigenvalue weighted by Gasteiger charge is 2.27. The fraction of sp³-hybridized carbons (Fsp3) is 0.400. The number of hydrogen-bond acceptors (Lipinski definition) is 4. The van der Waals surface area contributed by atoms with Crippen molar-refractivity contribution in [3.8, 4) is 11.1 Å². The van der Waals surface area contributed by atoms with Gasteiger partial charge in [0.25, 0.3) is 5.91 Å². The second kappa shape index (κ2) is 8.01. The average molecular weight is 341 g/mol. The zero-order valence-electron chi connectivity index (χ0n) is 14.4. The van der Waals surface area contributed by atoms with Crippen molar-refractivity contribution in [3.63, 3.8) is 0 Å². The minimum atomic E-state index is -0.820. The van der Waals surface area contributed by atoms with E-state index in [0.29, 0.717) is 5.56 Å². The van der Waals surface area contributed by atoms with E-state index < -0.39 is 12.1 Å². The first kappa shape index (κ1) is 17.3. The first-order valence-corrected chi connectivity index (χ1v) is 8.79. The molecule has 5 nitrogen and oxygen atoms in total. The summed E-state index contributed by atoms with van der Waals surface area (Å²) in [5, 5.41) is 0. The van der Waals surface area contributed by atoms with Gasteiger partial charge in [0, 0.05) is 18.7 Å². The van der Waals surface area contributed by atoms with Gasteiger partial charge in [0.1, 0.15) is 0 Å². The van der Waals surface area contributed by atoms with E-state index >= 15 is 0 Å². The van der Waals surface area contributed by atoms with Crippen LogP contribution >= 0.6 is 0 Å². The maximum absolute atomic E-state index is 12.5. The molecule has 1 fully saturated rings. The molecule has 0 bridgehead atoms. The third-order valence-electron chi connectivity index (χ3n) is 4.48. The number of carbonyl (C=O) groups excluding carboxylic acids is 2. The average Bonchev–Trinajstić information content (AvgIpc) is 2.97. The molecule has 0 N–H and O–H groups in total. The van der Waals surface area contributed by atoms with Gasteiger partial charge in [0.15, 0.2) is 6.10 Å². The Morgan fingerprint density at radius 1 is 1.04 bits per heavy atom. The van der Waals surface area contributed by atoms with E-state index in [1.807, 2.05) is 30.3 Å². The minimum absolute atomic E-state index is 0.127. The van der Waals surface area contributed by atoms with E-state index in [1.165, 1.54) is 6.26 Å². The molecule has 1 aliphatic rings. The monoisotopic (exact) mass is 341 g/mol. The summed E-state index contributed by atoms with van der Waals surface area (Å²) in [5.74, 6) is -0.621. The molecule has 0 saturated carbocycles. The van der Waals surface area contributed by atoms with Crippen molar-refractivity contribution in [1.29, 1.82) is 0 Å². The predicted octanol–water partition coefficient (Wildman–Crippen LogP) is 3.89. The van der Waals surface area contributed by atoms with Gasteiger partial charge in [-0.15, -0.1) is 0 Å². The third kappa shape index (κ3) is 4.10. The van der Waals surface area contributed by atoms with Gasteiger partial charge in [-0.05, 0) is 31.4 Å². The lowest BCUT2D eigenvalue weighted by atomic mass is 10.1. The molecule has 1 saturated heterocycles. The molecule has 2 heterocycles. The van der Waals surface area contributed by atoms with Crippen LogP contribution in [-0.4, -0.2) is 36.0 Å². The van der Waals surface area contributed by atoms with Gasteiger partial charge >= 0.3 is 5.97 Å². The normalized spacial score (nSPS) is 16.1. The molecule has 0 spiro atoms. The Morgan fingerprint density at radius 2 is 1.72 bits per heavy atom. The molecule has 1 aromatic heterocycles. The lowest BCUT2D eigenvalue weighted by Crippen LogP contribution is -2.40. The Bertz CT molecular complexity index is 714. The Labute approximate surface area is 147 Å². The fourth-order valence-electron chi connectivity index (χ4n) is 3.13. The number of carbonyl (C=O) groups is 2. The molecular weight excluding hydrogens is 318 g/mol. The molecule has 0 unspecified atom stereocenters. The van der Waals surface area contributed by atoms with Crippen molar-refractivity contribution in [2.45, 2.75) is 38.7 Å².